The molecular weight excluding hydrogens is 1530 g/mol. The highest BCUT2D eigenvalue weighted by atomic mass is 16.2. The number of carbonyl (C=O) groups excluding carboxylic acids is 16. The van der Waals surface area contributed by atoms with Gasteiger partial charge in [0, 0.05) is 6.42 Å². The van der Waals surface area contributed by atoms with E-state index in [2.05, 4.69) is 81.4 Å². The third-order valence-corrected chi connectivity index (χ3v) is 20.8. The van der Waals surface area contributed by atoms with E-state index in [0.29, 0.717) is 57.8 Å². The minimum Gasteiger partial charge on any atom is -0.370 e. The minimum atomic E-state index is -1.57. The number of amides is 16. The highest BCUT2D eigenvalue weighted by molar-refractivity contribution is 6.01. The fourth-order valence-corrected chi connectivity index (χ4v) is 13.1. The molecule has 16 amide bonds. The molecule has 0 unspecified atom stereocenters. The van der Waals surface area contributed by atoms with E-state index in [0.717, 1.165) is 25.7 Å². The molecule has 35 nitrogen and oxygen atoms in total. The second-order valence-electron chi connectivity index (χ2n) is 33.9. The minimum absolute atomic E-state index is 0.00413. The van der Waals surface area contributed by atoms with Crippen molar-refractivity contribution in [1.82, 2.24) is 74.4 Å². The number of nitrogens with one attached hydrogen (secondary N) is 14. The average Bonchev–Trinajstić information content (AvgIpc) is 0.858. The highest BCUT2D eigenvalue weighted by Crippen LogP contribution is 2.18. The standard InChI is InChI=1S/C84H157N19O16/c1-18-21-22-23-24-25-26-27-28-29-30-40-68(105)102-69(53(12)19-2)83(118)101-66(48-67(88)104)82(117)100-65(47-52(10)11)81(116)96-59(37-31-34-41-85)76(111)91-58(17)75(110)99-63(45-50(6)7)79(114)92-55(14)72(107)90-56(15)74(109)98-64(46-51(8)9)80(115)93-57(16)73(108)94-60(38-32-35-42-86)77(112)95-61(39-33-36-43-87)78(113)103-70(54(13)20-3)84(119)97-62(71(89)106)44-49(4)5/h49-66,69-70H,18-48,85-87H2,1-17H3,(H2,88,104)(H2,89,106)(H,90,107)(H,91,111)(H,92,114)(H,93,115)(H,94,108)(H,95,112)(H,96,116)(H,97,119)(H,98,109)(H,99,110)(H,100,117)(H,101,118)(H,102,105)(H,103,113)/t53-,54-,55-,56-,57-,58-,59-,60-,61-,62-,63-,64-,65-,66-,69-,70-/m0/s1. The summed E-state index contributed by atoms with van der Waals surface area (Å²) in [6.07, 6.45) is 15.7. The maximum atomic E-state index is 14.3. The van der Waals surface area contributed by atoms with Gasteiger partial charge in [-0.2, -0.15) is 0 Å². The lowest BCUT2D eigenvalue weighted by molar-refractivity contribution is -0.136. The van der Waals surface area contributed by atoms with Crippen LogP contribution in [0.1, 0.15) is 297 Å². The molecule has 0 spiro atoms. The van der Waals surface area contributed by atoms with Crippen LogP contribution in [0.3, 0.4) is 0 Å². The van der Waals surface area contributed by atoms with Gasteiger partial charge in [0.1, 0.15) is 84.6 Å². The van der Waals surface area contributed by atoms with Crippen LogP contribution in [0.2, 0.25) is 0 Å². The first-order valence-corrected chi connectivity index (χ1v) is 43.9. The maximum Gasteiger partial charge on any atom is 0.243 e. The van der Waals surface area contributed by atoms with E-state index < -0.39 is 186 Å². The van der Waals surface area contributed by atoms with Gasteiger partial charge in [-0.1, -0.05) is 167 Å². The molecule has 0 aliphatic rings. The molecule has 0 aromatic rings. The largest absolute Gasteiger partial charge is 0.370 e. The van der Waals surface area contributed by atoms with Crippen molar-refractivity contribution in [3.63, 3.8) is 0 Å². The Hall–Kier alpha value is -8.60. The fraction of sp³-hybridized carbons (Fsp3) is 0.810. The summed E-state index contributed by atoms with van der Waals surface area (Å²) in [7, 11) is 0. The van der Waals surface area contributed by atoms with E-state index in [1.807, 2.05) is 27.7 Å². The van der Waals surface area contributed by atoms with E-state index in [9.17, 15) is 76.7 Å². The molecule has 16 atom stereocenters. The molecule has 0 saturated carbocycles. The zero-order valence-corrected chi connectivity index (χ0v) is 74.9. The Kier molecular flexibility index (Phi) is 57.2. The van der Waals surface area contributed by atoms with Crippen LogP contribution in [0, 0.1) is 35.5 Å². The molecule has 0 aliphatic carbocycles. The third-order valence-electron chi connectivity index (χ3n) is 20.8. The first kappa shape index (κ1) is 110. The van der Waals surface area contributed by atoms with Crippen LogP contribution in [0.5, 0.6) is 0 Å². The number of rotatable bonds is 66. The van der Waals surface area contributed by atoms with E-state index in [4.69, 9.17) is 28.7 Å². The summed E-state index contributed by atoms with van der Waals surface area (Å²) in [6.45, 7) is 30.0. The molecule has 0 fully saturated rings. The molecule has 35 heteroatoms. The number of primary amides is 2. The Bertz CT molecular complexity index is 3140. The molecule has 0 aliphatic heterocycles. The van der Waals surface area contributed by atoms with E-state index >= 15 is 0 Å². The topological polar surface area (TPSA) is 572 Å². The van der Waals surface area contributed by atoms with Crippen molar-refractivity contribution in [2.75, 3.05) is 19.6 Å². The van der Waals surface area contributed by atoms with Crippen LogP contribution < -0.4 is 103 Å². The van der Waals surface area contributed by atoms with Crippen molar-refractivity contribution < 1.29 is 76.7 Å². The van der Waals surface area contributed by atoms with E-state index in [1.165, 1.54) is 66.2 Å². The quantitative estimate of drug-likeness (QED) is 0.0389. The van der Waals surface area contributed by atoms with Crippen LogP contribution in [0.4, 0.5) is 0 Å². The predicted octanol–water partition coefficient (Wildman–Crippen LogP) is 2.58. The van der Waals surface area contributed by atoms with Gasteiger partial charge >= 0.3 is 0 Å². The smallest absolute Gasteiger partial charge is 0.243 e. The van der Waals surface area contributed by atoms with Gasteiger partial charge in [0.2, 0.25) is 94.5 Å². The second-order valence-corrected chi connectivity index (χ2v) is 33.9. The Balaban J connectivity index is 6.39. The van der Waals surface area contributed by atoms with Crippen LogP contribution >= 0.6 is 0 Å². The lowest BCUT2D eigenvalue weighted by atomic mass is 9.96. The van der Waals surface area contributed by atoms with Crippen molar-refractivity contribution in [3.8, 4) is 0 Å². The third kappa shape index (κ3) is 47.3. The molecule has 0 heterocycles. The average molecular weight is 1690 g/mol. The van der Waals surface area contributed by atoms with Gasteiger partial charge in [-0.05, 0) is 173 Å². The van der Waals surface area contributed by atoms with Crippen molar-refractivity contribution in [2.45, 2.75) is 382 Å². The molecule has 684 valence electrons. The Labute approximate surface area is 708 Å². The number of hydrogen-bond acceptors (Lipinski definition) is 19. The van der Waals surface area contributed by atoms with Gasteiger partial charge in [0.05, 0.1) is 6.42 Å². The van der Waals surface area contributed by atoms with Crippen LogP contribution in [-0.4, -0.2) is 199 Å². The Morgan fingerprint density at radius 3 is 0.840 bits per heavy atom. The van der Waals surface area contributed by atoms with Gasteiger partial charge in [0.25, 0.3) is 0 Å². The molecule has 24 N–H and O–H groups in total. The van der Waals surface area contributed by atoms with Crippen molar-refractivity contribution in [2.24, 2.45) is 64.2 Å². The molecule has 0 radical (unpaired) electrons. The van der Waals surface area contributed by atoms with Crippen LogP contribution in [0.25, 0.3) is 0 Å². The SMILES string of the molecule is CCCCCCCCCCCCCC(=O)N[C@H](C(=O)N[C@@H](CC(N)=O)C(=O)N[C@@H](CC(C)C)C(=O)N[C@@H](CCCCN)C(=O)N[C@@H](C)C(=O)N[C@@H](CC(C)C)C(=O)N[C@@H](C)C(=O)N[C@@H](C)C(=O)N[C@@H](CC(C)C)C(=O)N[C@@H](C)C(=O)N[C@@H](CCCCN)C(=O)N[C@@H](CCCCN)C(=O)N[C@H](C(=O)N[C@@H](CC(C)C)C(N)=O)[C@@H](C)CC)[C@@H](C)CC. The molecule has 0 aromatic heterocycles. The van der Waals surface area contributed by atoms with Gasteiger partial charge in [-0.25, -0.2) is 0 Å². The number of hydrogen-bond donors (Lipinski definition) is 19. The summed E-state index contributed by atoms with van der Waals surface area (Å²) >= 11 is 0. The highest BCUT2D eigenvalue weighted by Gasteiger charge is 2.39. The van der Waals surface area contributed by atoms with Gasteiger partial charge < -0.3 is 103 Å². The summed E-state index contributed by atoms with van der Waals surface area (Å²) in [6, 6.07) is -17.6. The summed E-state index contributed by atoms with van der Waals surface area (Å²) in [5.41, 5.74) is 28.6. The number of unbranched alkanes of at least 4 members (excludes halogenated alkanes) is 13. The zero-order valence-electron chi connectivity index (χ0n) is 74.9. The molecule has 0 aromatic carbocycles. The maximum absolute atomic E-state index is 14.3. The van der Waals surface area contributed by atoms with Crippen LogP contribution in [0.15, 0.2) is 0 Å². The Morgan fingerprint density at radius 1 is 0.252 bits per heavy atom. The normalized spacial score (nSPS) is 15.5. The molecule has 0 bridgehead atoms. The number of nitrogens with two attached hydrogens (primary N) is 5. The monoisotopic (exact) mass is 1690 g/mol. The fourth-order valence-electron chi connectivity index (χ4n) is 13.1. The second kappa shape index (κ2) is 61.7. The number of carbonyl (C=O) groups is 16. The summed E-state index contributed by atoms with van der Waals surface area (Å²) in [5.74, 6) is -13.6. The van der Waals surface area contributed by atoms with E-state index in [1.54, 1.807) is 55.4 Å². The lowest BCUT2D eigenvalue weighted by Crippen LogP contribution is -2.60. The first-order valence-electron chi connectivity index (χ1n) is 43.9. The Morgan fingerprint density at radius 2 is 0.504 bits per heavy atom. The summed E-state index contributed by atoms with van der Waals surface area (Å²) < 4.78 is 0. The predicted molar refractivity (Wildman–Crippen MR) is 459 cm³/mol. The van der Waals surface area contributed by atoms with Crippen molar-refractivity contribution in [1.29, 1.82) is 0 Å². The van der Waals surface area contributed by atoms with Crippen LogP contribution in [-0.2, 0) is 76.7 Å². The summed E-state index contributed by atoms with van der Waals surface area (Å²) in [5, 5.41) is 37.3. The zero-order chi connectivity index (χ0) is 90.6. The molecular formula is C84H157N19O16. The first-order chi connectivity index (χ1) is 56.0. The van der Waals surface area contributed by atoms with Gasteiger partial charge in [-0.15, -0.1) is 0 Å². The van der Waals surface area contributed by atoms with Crippen molar-refractivity contribution >= 4 is 94.5 Å². The lowest BCUT2D eigenvalue weighted by Gasteiger charge is -2.29. The van der Waals surface area contributed by atoms with E-state index in [-0.39, 0.29) is 106 Å². The molecule has 0 saturated heterocycles. The van der Waals surface area contributed by atoms with Gasteiger partial charge in [-0.3, -0.25) is 76.7 Å². The summed E-state index contributed by atoms with van der Waals surface area (Å²) in [4.78, 5) is 220. The molecule has 119 heavy (non-hydrogen) atoms. The van der Waals surface area contributed by atoms with Crippen molar-refractivity contribution in [3.05, 3.63) is 0 Å². The molecule has 0 rings (SSSR count). The van der Waals surface area contributed by atoms with Gasteiger partial charge in [0.15, 0.2) is 0 Å².